The Labute approximate surface area is 105 Å². The molecule has 0 unspecified atom stereocenters. The number of aryl methyl sites for hydroxylation is 1. The van der Waals surface area contributed by atoms with Gasteiger partial charge in [-0.15, -0.1) is 0 Å². The highest BCUT2D eigenvalue weighted by molar-refractivity contribution is 5.28. The highest BCUT2D eigenvalue weighted by Gasteiger charge is 2.00. The first-order valence-corrected chi connectivity index (χ1v) is 5.75. The predicted octanol–water partition coefficient (Wildman–Crippen LogP) is 2.52. The number of pyridine rings is 1. The first kappa shape index (κ1) is 12.5. The van der Waals surface area contributed by atoms with Crippen LogP contribution >= 0.6 is 0 Å². The standard InChI is InChI=1S/C14H15FN2O/c1-10-3-2-4-13(17-10)9-16-8-11-5-12(15)7-14(18)6-11/h2-7,16,18H,8-9H2,1H3. The van der Waals surface area contributed by atoms with Crippen LogP contribution in [0, 0.1) is 12.7 Å². The number of hydrogen-bond acceptors (Lipinski definition) is 3. The Hall–Kier alpha value is -1.94. The summed E-state index contributed by atoms with van der Waals surface area (Å²) in [5, 5.41) is 12.4. The molecule has 0 radical (unpaired) electrons. The van der Waals surface area contributed by atoms with Crippen molar-refractivity contribution in [3.05, 3.63) is 59.2 Å². The highest BCUT2D eigenvalue weighted by Crippen LogP contribution is 2.14. The molecule has 0 aliphatic heterocycles. The molecular formula is C14H15FN2O. The summed E-state index contributed by atoms with van der Waals surface area (Å²) in [6.07, 6.45) is 0. The van der Waals surface area contributed by atoms with Crippen molar-refractivity contribution >= 4 is 0 Å². The molecule has 0 aliphatic rings. The maximum Gasteiger partial charge on any atom is 0.127 e. The lowest BCUT2D eigenvalue weighted by atomic mass is 10.2. The molecule has 0 spiro atoms. The highest BCUT2D eigenvalue weighted by atomic mass is 19.1. The molecule has 0 amide bonds. The third kappa shape index (κ3) is 3.53. The summed E-state index contributed by atoms with van der Waals surface area (Å²) in [6.45, 7) is 3.04. The van der Waals surface area contributed by atoms with Crippen molar-refractivity contribution in [1.82, 2.24) is 10.3 Å². The van der Waals surface area contributed by atoms with Crippen molar-refractivity contribution < 1.29 is 9.50 Å². The molecule has 0 bridgehead atoms. The van der Waals surface area contributed by atoms with E-state index in [2.05, 4.69) is 10.3 Å². The van der Waals surface area contributed by atoms with Crippen molar-refractivity contribution in [3.63, 3.8) is 0 Å². The third-order valence-electron chi connectivity index (χ3n) is 2.52. The molecule has 3 nitrogen and oxygen atoms in total. The maximum atomic E-state index is 13.0. The first-order valence-electron chi connectivity index (χ1n) is 5.75. The Balaban J connectivity index is 1.92. The van der Waals surface area contributed by atoms with Gasteiger partial charge in [-0.3, -0.25) is 4.98 Å². The van der Waals surface area contributed by atoms with E-state index in [-0.39, 0.29) is 5.75 Å². The van der Waals surface area contributed by atoms with E-state index in [0.29, 0.717) is 18.7 Å². The zero-order valence-corrected chi connectivity index (χ0v) is 10.2. The van der Waals surface area contributed by atoms with E-state index < -0.39 is 5.82 Å². The Bertz CT molecular complexity index is 523. The molecule has 0 saturated carbocycles. The van der Waals surface area contributed by atoms with Gasteiger partial charge in [-0.2, -0.15) is 0 Å². The fraction of sp³-hybridized carbons (Fsp3) is 0.214. The van der Waals surface area contributed by atoms with Crippen LogP contribution in [0.3, 0.4) is 0 Å². The molecule has 0 fully saturated rings. The molecule has 1 heterocycles. The van der Waals surface area contributed by atoms with Gasteiger partial charge in [-0.05, 0) is 36.8 Å². The van der Waals surface area contributed by atoms with Gasteiger partial charge in [0.15, 0.2) is 0 Å². The number of aromatic nitrogens is 1. The Kier molecular flexibility index (Phi) is 3.89. The van der Waals surface area contributed by atoms with Gasteiger partial charge in [0.05, 0.1) is 5.69 Å². The van der Waals surface area contributed by atoms with Gasteiger partial charge in [-0.1, -0.05) is 6.07 Å². The van der Waals surface area contributed by atoms with Crippen LogP contribution in [0.1, 0.15) is 17.0 Å². The smallest absolute Gasteiger partial charge is 0.127 e. The van der Waals surface area contributed by atoms with Crippen LogP contribution in [0.5, 0.6) is 5.75 Å². The largest absolute Gasteiger partial charge is 0.508 e. The van der Waals surface area contributed by atoms with Gasteiger partial charge in [0.1, 0.15) is 11.6 Å². The van der Waals surface area contributed by atoms with Crippen LogP contribution in [0.15, 0.2) is 36.4 Å². The van der Waals surface area contributed by atoms with Gasteiger partial charge in [0.25, 0.3) is 0 Å². The number of aromatic hydroxyl groups is 1. The lowest BCUT2D eigenvalue weighted by molar-refractivity contribution is 0.467. The maximum absolute atomic E-state index is 13.0. The molecule has 0 saturated heterocycles. The van der Waals surface area contributed by atoms with Crippen LogP contribution in [-0.2, 0) is 13.1 Å². The minimum Gasteiger partial charge on any atom is -0.508 e. The molecular weight excluding hydrogens is 231 g/mol. The number of phenolic OH excluding ortho intramolecular Hbond substituents is 1. The van der Waals surface area contributed by atoms with Crippen LogP contribution in [-0.4, -0.2) is 10.1 Å². The summed E-state index contributed by atoms with van der Waals surface area (Å²) in [4.78, 5) is 4.35. The van der Waals surface area contributed by atoms with E-state index >= 15 is 0 Å². The van der Waals surface area contributed by atoms with E-state index in [1.54, 1.807) is 6.07 Å². The summed E-state index contributed by atoms with van der Waals surface area (Å²) in [5.74, 6) is -0.485. The van der Waals surface area contributed by atoms with E-state index in [9.17, 15) is 9.50 Å². The van der Waals surface area contributed by atoms with Gasteiger partial charge in [0, 0.05) is 24.8 Å². The zero-order valence-electron chi connectivity index (χ0n) is 10.2. The average Bonchev–Trinajstić information content (AvgIpc) is 2.27. The van der Waals surface area contributed by atoms with Crippen molar-refractivity contribution in [2.75, 3.05) is 0 Å². The number of nitrogens with zero attached hydrogens (tertiary/aromatic N) is 1. The summed E-state index contributed by atoms with van der Waals surface area (Å²) in [5.41, 5.74) is 2.62. The molecule has 2 aromatic rings. The minimum absolute atomic E-state index is 0.0551. The normalized spacial score (nSPS) is 10.6. The Morgan fingerprint density at radius 2 is 2.06 bits per heavy atom. The average molecular weight is 246 g/mol. The van der Waals surface area contributed by atoms with Gasteiger partial charge in [0.2, 0.25) is 0 Å². The van der Waals surface area contributed by atoms with Gasteiger partial charge in [-0.25, -0.2) is 4.39 Å². The number of nitrogens with one attached hydrogen (secondary N) is 1. The minimum atomic E-state index is -0.430. The number of hydrogen-bond donors (Lipinski definition) is 2. The Morgan fingerprint density at radius 3 is 2.78 bits per heavy atom. The molecule has 18 heavy (non-hydrogen) atoms. The van der Waals surface area contributed by atoms with Crippen molar-refractivity contribution in [2.24, 2.45) is 0 Å². The Morgan fingerprint density at radius 1 is 1.22 bits per heavy atom. The number of rotatable bonds is 4. The van der Waals surface area contributed by atoms with Gasteiger partial charge >= 0.3 is 0 Å². The second-order valence-electron chi connectivity index (χ2n) is 4.19. The molecule has 4 heteroatoms. The second-order valence-corrected chi connectivity index (χ2v) is 4.19. The van der Waals surface area contributed by atoms with Crippen molar-refractivity contribution in [3.8, 4) is 5.75 Å². The fourth-order valence-corrected chi connectivity index (χ4v) is 1.77. The number of phenols is 1. The zero-order chi connectivity index (χ0) is 13.0. The van der Waals surface area contributed by atoms with Crippen molar-refractivity contribution in [2.45, 2.75) is 20.0 Å². The SMILES string of the molecule is Cc1cccc(CNCc2cc(O)cc(F)c2)n1. The number of halogens is 1. The molecule has 2 N–H and O–H groups in total. The van der Waals surface area contributed by atoms with Crippen LogP contribution < -0.4 is 5.32 Å². The lowest BCUT2D eigenvalue weighted by Crippen LogP contribution is -2.14. The van der Waals surface area contributed by atoms with E-state index in [1.165, 1.54) is 6.07 Å². The summed E-state index contributed by atoms with van der Waals surface area (Å²) in [7, 11) is 0. The quantitative estimate of drug-likeness (QED) is 0.871. The molecule has 2 rings (SSSR count). The molecule has 1 aromatic heterocycles. The van der Waals surface area contributed by atoms with Gasteiger partial charge < -0.3 is 10.4 Å². The lowest BCUT2D eigenvalue weighted by Gasteiger charge is -2.06. The summed E-state index contributed by atoms with van der Waals surface area (Å²) in [6, 6.07) is 9.85. The first-order chi connectivity index (χ1) is 8.63. The van der Waals surface area contributed by atoms with Crippen LogP contribution in [0.25, 0.3) is 0 Å². The molecule has 94 valence electrons. The van der Waals surface area contributed by atoms with E-state index in [4.69, 9.17) is 0 Å². The van der Waals surface area contributed by atoms with Crippen LogP contribution in [0.4, 0.5) is 4.39 Å². The fourth-order valence-electron chi connectivity index (χ4n) is 1.77. The number of benzene rings is 1. The topological polar surface area (TPSA) is 45.1 Å². The second kappa shape index (κ2) is 5.60. The summed E-state index contributed by atoms with van der Waals surface area (Å²) >= 11 is 0. The van der Waals surface area contributed by atoms with Crippen molar-refractivity contribution in [1.29, 1.82) is 0 Å². The summed E-state index contributed by atoms with van der Waals surface area (Å²) < 4.78 is 13.0. The molecule has 1 aromatic carbocycles. The van der Waals surface area contributed by atoms with E-state index in [0.717, 1.165) is 17.5 Å². The monoisotopic (exact) mass is 246 g/mol. The third-order valence-corrected chi connectivity index (χ3v) is 2.52. The van der Waals surface area contributed by atoms with E-state index in [1.807, 2.05) is 25.1 Å². The molecule has 0 atom stereocenters. The predicted molar refractivity (Wildman–Crippen MR) is 67.6 cm³/mol. The molecule has 0 aliphatic carbocycles. The van der Waals surface area contributed by atoms with Crippen LogP contribution in [0.2, 0.25) is 0 Å².